The summed E-state index contributed by atoms with van der Waals surface area (Å²) in [6, 6.07) is 6.96. The molecule has 1 aromatic heterocycles. The summed E-state index contributed by atoms with van der Waals surface area (Å²) in [5.41, 5.74) is 1.97. The Balaban J connectivity index is 2.15. The van der Waals surface area contributed by atoms with Crippen LogP contribution in [0.1, 0.15) is 47.1 Å². The van der Waals surface area contributed by atoms with Crippen LogP contribution in [0.4, 0.5) is 0 Å². The molecule has 0 aliphatic rings. The van der Waals surface area contributed by atoms with Crippen LogP contribution in [0.25, 0.3) is 0 Å². The number of nitrogens with zero attached hydrogens (tertiary/aromatic N) is 2. The second-order valence-corrected chi connectivity index (χ2v) is 5.52. The number of phenols is 1. The van der Waals surface area contributed by atoms with Crippen molar-refractivity contribution in [2.75, 3.05) is 7.05 Å². The van der Waals surface area contributed by atoms with Crippen LogP contribution in [0.15, 0.2) is 28.8 Å². The van der Waals surface area contributed by atoms with Crippen molar-refractivity contribution in [3.63, 3.8) is 0 Å². The number of aryl methyl sites for hydroxylation is 1. The lowest BCUT2D eigenvalue weighted by atomic mass is 10.0. The topological polar surface area (TPSA) is 66.6 Å². The van der Waals surface area contributed by atoms with Crippen molar-refractivity contribution in [1.29, 1.82) is 0 Å². The number of aromatic hydroxyl groups is 1. The van der Waals surface area contributed by atoms with Crippen molar-refractivity contribution in [3.8, 4) is 5.75 Å². The summed E-state index contributed by atoms with van der Waals surface area (Å²) >= 11 is 0. The van der Waals surface area contributed by atoms with Crippen LogP contribution in [0.5, 0.6) is 5.75 Å². The number of benzene rings is 1. The van der Waals surface area contributed by atoms with Crippen LogP contribution in [-0.2, 0) is 6.54 Å². The predicted octanol–water partition coefficient (Wildman–Crippen LogP) is 3.08. The van der Waals surface area contributed by atoms with Crippen LogP contribution in [0, 0.1) is 6.92 Å². The molecule has 21 heavy (non-hydrogen) atoms. The van der Waals surface area contributed by atoms with Gasteiger partial charge in [-0.15, -0.1) is 0 Å². The molecular weight excluding hydrogens is 268 g/mol. The van der Waals surface area contributed by atoms with Gasteiger partial charge in [0.05, 0.1) is 12.1 Å². The molecule has 5 heteroatoms. The van der Waals surface area contributed by atoms with E-state index in [4.69, 9.17) is 4.52 Å². The first-order valence-corrected chi connectivity index (χ1v) is 6.89. The Kier molecular flexibility index (Phi) is 4.31. The van der Waals surface area contributed by atoms with Crippen molar-refractivity contribution in [2.24, 2.45) is 0 Å². The summed E-state index contributed by atoms with van der Waals surface area (Å²) in [5, 5.41) is 13.9. The standard InChI is InChI=1S/C16H20N2O3/c1-10(2)12-5-6-14(15(19)8-12)16(20)18(4)9-13-7-11(3)21-17-13/h5-8,10,19H,9H2,1-4H3. The average Bonchev–Trinajstić information content (AvgIpc) is 2.83. The molecule has 1 heterocycles. The fourth-order valence-electron chi connectivity index (χ4n) is 2.10. The lowest BCUT2D eigenvalue weighted by molar-refractivity contribution is 0.0779. The van der Waals surface area contributed by atoms with E-state index in [2.05, 4.69) is 5.16 Å². The van der Waals surface area contributed by atoms with Gasteiger partial charge in [0.25, 0.3) is 5.91 Å². The first-order chi connectivity index (χ1) is 9.88. The number of aromatic nitrogens is 1. The van der Waals surface area contributed by atoms with Gasteiger partial charge in [0.2, 0.25) is 0 Å². The second kappa shape index (κ2) is 5.99. The molecule has 0 radical (unpaired) electrons. The zero-order valence-electron chi connectivity index (χ0n) is 12.8. The van der Waals surface area contributed by atoms with Crippen molar-refractivity contribution in [3.05, 3.63) is 46.8 Å². The molecule has 1 N–H and O–H groups in total. The molecule has 0 aliphatic heterocycles. The maximum atomic E-state index is 12.4. The van der Waals surface area contributed by atoms with Gasteiger partial charge >= 0.3 is 0 Å². The van der Waals surface area contributed by atoms with Crippen molar-refractivity contribution in [2.45, 2.75) is 33.2 Å². The minimum absolute atomic E-state index is 0.00869. The van der Waals surface area contributed by atoms with Gasteiger partial charge in [-0.1, -0.05) is 25.1 Å². The van der Waals surface area contributed by atoms with Gasteiger partial charge in [-0.25, -0.2) is 0 Å². The Hall–Kier alpha value is -2.30. The van der Waals surface area contributed by atoms with Gasteiger partial charge in [-0.2, -0.15) is 0 Å². The number of hydrogen-bond acceptors (Lipinski definition) is 4. The first-order valence-electron chi connectivity index (χ1n) is 6.89. The quantitative estimate of drug-likeness (QED) is 0.938. The molecule has 5 nitrogen and oxygen atoms in total. The maximum Gasteiger partial charge on any atom is 0.257 e. The monoisotopic (exact) mass is 288 g/mol. The zero-order chi connectivity index (χ0) is 15.6. The van der Waals surface area contributed by atoms with Gasteiger partial charge in [0.15, 0.2) is 0 Å². The first kappa shape index (κ1) is 15.1. The molecule has 0 saturated heterocycles. The summed E-state index contributed by atoms with van der Waals surface area (Å²) in [6.07, 6.45) is 0. The van der Waals surface area contributed by atoms with Crippen LogP contribution < -0.4 is 0 Å². The van der Waals surface area contributed by atoms with Crippen molar-refractivity contribution in [1.82, 2.24) is 10.1 Å². The second-order valence-electron chi connectivity index (χ2n) is 5.52. The highest BCUT2D eigenvalue weighted by atomic mass is 16.5. The van der Waals surface area contributed by atoms with Gasteiger partial charge < -0.3 is 14.5 Å². The van der Waals surface area contributed by atoms with Gasteiger partial charge in [0, 0.05) is 13.1 Å². The molecule has 2 aromatic rings. The third-order valence-electron chi connectivity index (χ3n) is 3.34. The number of rotatable bonds is 4. The lowest BCUT2D eigenvalue weighted by Crippen LogP contribution is -2.26. The Morgan fingerprint density at radius 2 is 2.10 bits per heavy atom. The molecule has 0 aliphatic carbocycles. The molecule has 2 rings (SSSR count). The van der Waals surface area contributed by atoms with E-state index < -0.39 is 0 Å². The third-order valence-corrected chi connectivity index (χ3v) is 3.34. The maximum absolute atomic E-state index is 12.4. The van der Waals surface area contributed by atoms with Gasteiger partial charge in [-0.3, -0.25) is 4.79 Å². The molecule has 0 spiro atoms. The Bertz CT molecular complexity index is 647. The van der Waals surface area contributed by atoms with Crippen LogP contribution in [-0.4, -0.2) is 28.1 Å². The Morgan fingerprint density at radius 1 is 1.38 bits per heavy atom. The van der Waals surface area contributed by atoms with E-state index in [1.807, 2.05) is 19.9 Å². The molecule has 0 fully saturated rings. The Morgan fingerprint density at radius 3 is 2.62 bits per heavy atom. The van der Waals surface area contributed by atoms with Crippen LogP contribution in [0.3, 0.4) is 0 Å². The summed E-state index contributed by atoms with van der Waals surface area (Å²) in [5.74, 6) is 0.767. The van der Waals surface area contributed by atoms with E-state index in [0.717, 1.165) is 5.56 Å². The van der Waals surface area contributed by atoms with Crippen LogP contribution in [0.2, 0.25) is 0 Å². The molecule has 0 bridgehead atoms. The highest BCUT2D eigenvalue weighted by Crippen LogP contribution is 2.25. The summed E-state index contributed by atoms with van der Waals surface area (Å²) in [4.78, 5) is 13.9. The highest BCUT2D eigenvalue weighted by molar-refractivity contribution is 5.96. The van der Waals surface area contributed by atoms with Crippen LogP contribution >= 0.6 is 0 Å². The fraction of sp³-hybridized carbons (Fsp3) is 0.375. The zero-order valence-corrected chi connectivity index (χ0v) is 12.8. The van der Waals surface area contributed by atoms with E-state index >= 15 is 0 Å². The normalized spacial score (nSPS) is 10.9. The molecule has 112 valence electrons. The average molecular weight is 288 g/mol. The predicted molar refractivity (Wildman–Crippen MR) is 79.2 cm³/mol. The smallest absolute Gasteiger partial charge is 0.257 e. The molecule has 1 amide bonds. The largest absolute Gasteiger partial charge is 0.507 e. The van der Waals surface area contributed by atoms with E-state index in [1.165, 1.54) is 4.90 Å². The third kappa shape index (κ3) is 3.42. The lowest BCUT2D eigenvalue weighted by Gasteiger charge is -2.17. The van der Waals surface area contributed by atoms with Crippen molar-refractivity contribution < 1.29 is 14.4 Å². The number of phenolic OH excluding ortho intramolecular Hbond substituents is 1. The number of carbonyl (C=O) groups is 1. The molecule has 1 aromatic carbocycles. The summed E-state index contributed by atoms with van der Waals surface area (Å²) in [7, 11) is 1.67. The Labute approximate surface area is 124 Å². The minimum atomic E-state index is -0.247. The van der Waals surface area contributed by atoms with E-state index in [9.17, 15) is 9.90 Å². The van der Waals surface area contributed by atoms with E-state index in [0.29, 0.717) is 29.5 Å². The summed E-state index contributed by atoms with van der Waals surface area (Å²) in [6.45, 7) is 6.21. The van der Waals surface area contributed by atoms with Gasteiger partial charge in [-0.05, 0) is 30.5 Å². The molecular formula is C16H20N2O3. The van der Waals surface area contributed by atoms with Gasteiger partial charge in [0.1, 0.15) is 17.2 Å². The molecule has 0 saturated carbocycles. The van der Waals surface area contributed by atoms with E-state index in [1.54, 1.807) is 32.2 Å². The highest BCUT2D eigenvalue weighted by Gasteiger charge is 2.18. The SMILES string of the molecule is Cc1cc(CN(C)C(=O)c2ccc(C(C)C)cc2O)no1. The number of amides is 1. The fourth-order valence-corrected chi connectivity index (χ4v) is 2.10. The molecule has 0 atom stereocenters. The minimum Gasteiger partial charge on any atom is -0.507 e. The number of hydrogen-bond donors (Lipinski definition) is 1. The molecule has 0 unspecified atom stereocenters. The number of carbonyl (C=O) groups excluding carboxylic acids is 1. The van der Waals surface area contributed by atoms with Crippen molar-refractivity contribution >= 4 is 5.91 Å². The van der Waals surface area contributed by atoms with E-state index in [-0.39, 0.29) is 11.7 Å². The summed E-state index contributed by atoms with van der Waals surface area (Å²) < 4.78 is 4.98.